The van der Waals surface area contributed by atoms with Crippen molar-refractivity contribution in [2.45, 2.75) is 51.4 Å². The van der Waals surface area contributed by atoms with E-state index >= 15 is 0 Å². The molecule has 9 heteroatoms. The summed E-state index contributed by atoms with van der Waals surface area (Å²) in [4.78, 5) is 26.6. The molecule has 0 bridgehead atoms. The topological polar surface area (TPSA) is 84.0 Å². The lowest BCUT2D eigenvalue weighted by atomic mass is 10.2. The average Bonchev–Trinajstić information content (AvgIpc) is 2.73. The Hall–Kier alpha value is -1.38. The molecule has 0 spiro atoms. The van der Waals surface area contributed by atoms with Gasteiger partial charge in [0.25, 0.3) is 0 Å². The van der Waals surface area contributed by atoms with E-state index in [0.717, 1.165) is 0 Å². The van der Waals surface area contributed by atoms with Crippen molar-refractivity contribution in [3.8, 4) is 0 Å². The molecular weight excluding hydrogens is 327 g/mol. The number of likely N-dealkylation sites (tertiary alicyclic amines) is 1. The fraction of sp³-hybridized carbons (Fsp3) is 0.857. The summed E-state index contributed by atoms with van der Waals surface area (Å²) in [6, 6.07) is 0. The highest BCUT2D eigenvalue weighted by atomic mass is 32.3. The van der Waals surface area contributed by atoms with Crippen LogP contribution in [0.4, 0.5) is 8.68 Å². The van der Waals surface area contributed by atoms with E-state index < -0.39 is 33.1 Å². The minimum atomic E-state index is -4.73. The van der Waals surface area contributed by atoms with Gasteiger partial charge in [0.1, 0.15) is 10.9 Å². The van der Waals surface area contributed by atoms with Crippen LogP contribution in [-0.4, -0.2) is 67.2 Å². The maximum absolute atomic E-state index is 13.0. The van der Waals surface area contributed by atoms with Gasteiger partial charge in [-0.2, -0.15) is 8.42 Å². The molecule has 23 heavy (non-hydrogen) atoms. The summed E-state index contributed by atoms with van der Waals surface area (Å²) in [5.41, 5.74) is -0.625. The molecule has 1 heterocycles. The van der Waals surface area contributed by atoms with Crippen LogP contribution in [0.15, 0.2) is 0 Å². The van der Waals surface area contributed by atoms with E-state index in [-0.39, 0.29) is 26.1 Å². The zero-order valence-corrected chi connectivity index (χ0v) is 14.9. The monoisotopic (exact) mass is 352 g/mol. The van der Waals surface area contributed by atoms with Crippen LogP contribution >= 0.6 is 0 Å². The highest BCUT2D eigenvalue weighted by Gasteiger charge is 2.38. The van der Waals surface area contributed by atoms with Gasteiger partial charge in [0.15, 0.2) is 0 Å². The standard InChI is InChI=1S/C14H25FN2O5S/c1-5-6-16(13(19)22-14(2,3)4)7-8-17-10-11(9-12(17)18)23(15,20)21/h11H,5-10H2,1-4H3. The van der Waals surface area contributed by atoms with Crippen molar-refractivity contribution >= 4 is 22.2 Å². The van der Waals surface area contributed by atoms with Crippen LogP contribution in [0.25, 0.3) is 0 Å². The Labute approximate surface area is 137 Å². The average molecular weight is 352 g/mol. The summed E-state index contributed by atoms with van der Waals surface area (Å²) >= 11 is 0. The van der Waals surface area contributed by atoms with E-state index in [2.05, 4.69) is 0 Å². The molecule has 1 unspecified atom stereocenters. The van der Waals surface area contributed by atoms with E-state index in [1.54, 1.807) is 20.8 Å². The van der Waals surface area contributed by atoms with E-state index in [1.807, 2.05) is 6.92 Å². The number of rotatable bonds is 6. The highest BCUT2D eigenvalue weighted by molar-refractivity contribution is 7.87. The Morgan fingerprint density at radius 2 is 2.00 bits per heavy atom. The molecule has 1 aliphatic heterocycles. The third kappa shape index (κ3) is 6.32. The molecule has 0 aliphatic carbocycles. The first-order chi connectivity index (χ1) is 10.4. The summed E-state index contributed by atoms with van der Waals surface area (Å²) in [7, 11) is -4.73. The van der Waals surface area contributed by atoms with Crippen LogP contribution in [-0.2, 0) is 19.8 Å². The molecule has 0 radical (unpaired) electrons. The molecule has 1 saturated heterocycles. The number of carbonyl (C=O) groups excluding carboxylic acids is 2. The van der Waals surface area contributed by atoms with Crippen molar-refractivity contribution < 1.29 is 26.6 Å². The minimum absolute atomic E-state index is 0.157. The first kappa shape index (κ1) is 19.7. The smallest absolute Gasteiger partial charge is 0.410 e. The maximum Gasteiger partial charge on any atom is 0.410 e. The Bertz CT molecular complexity index is 544. The Balaban J connectivity index is 2.62. The fourth-order valence-electron chi connectivity index (χ4n) is 2.27. The minimum Gasteiger partial charge on any atom is -0.444 e. The fourth-order valence-corrected chi connectivity index (χ4v) is 2.97. The molecule has 1 aliphatic rings. The third-order valence-corrected chi connectivity index (χ3v) is 4.47. The molecule has 0 aromatic heterocycles. The molecule has 7 nitrogen and oxygen atoms in total. The molecule has 0 aromatic carbocycles. The molecule has 134 valence electrons. The van der Waals surface area contributed by atoms with Crippen LogP contribution in [0.3, 0.4) is 0 Å². The van der Waals surface area contributed by atoms with Gasteiger partial charge in [-0.05, 0) is 27.2 Å². The first-order valence-electron chi connectivity index (χ1n) is 7.63. The molecule has 0 N–H and O–H groups in total. The van der Waals surface area contributed by atoms with Gasteiger partial charge in [0.05, 0.1) is 0 Å². The van der Waals surface area contributed by atoms with Crippen molar-refractivity contribution in [3.63, 3.8) is 0 Å². The molecule has 2 amide bonds. The third-order valence-electron chi connectivity index (χ3n) is 3.36. The van der Waals surface area contributed by atoms with Gasteiger partial charge in [-0.1, -0.05) is 6.92 Å². The van der Waals surface area contributed by atoms with Crippen molar-refractivity contribution in [1.29, 1.82) is 0 Å². The van der Waals surface area contributed by atoms with Gasteiger partial charge in [0, 0.05) is 32.6 Å². The second-order valence-corrected chi connectivity index (χ2v) is 8.23. The second kappa shape index (κ2) is 7.46. The van der Waals surface area contributed by atoms with Gasteiger partial charge < -0.3 is 14.5 Å². The molecule has 1 atom stereocenters. The maximum atomic E-state index is 13.0. The van der Waals surface area contributed by atoms with Crippen molar-refractivity contribution in [2.75, 3.05) is 26.2 Å². The number of hydrogen-bond acceptors (Lipinski definition) is 5. The normalized spacial score (nSPS) is 19.1. The summed E-state index contributed by atoms with van der Waals surface area (Å²) in [6.07, 6.45) is -0.117. The predicted molar refractivity (Wildman–Crippen MR) is 83.1 cm³/mol. The second-order valence-electron chi connectivity index (χ2n) is 6.61. The van der Waals surface area contributed by atoms with Crippen LogP contribution < -0.4 is 0 Å². The van der Waals surface area contributed by atoms with Crippen molar-refractivity contribution in [1.82, 2.24) is 9.80 Å². The van der Waals surface area contributed by atoms with Gasteiger partial charge >= 0.3 is 16.3 Å². The van der Waals surface area contributed by atoms with Crippen LogP contribution in [0.5, 0.6) is 0 Å². The molecular formula is C14H25FN2O5S. The quantitative estimate of drug-likeness (QED) is 0.677. The van der Waals surface area contributed by atoms with Crippen LogP contribution in [0.1, 0.15) is 40.5 Å². The SMILES string of the molecule is CCCN(CCN1CC(S(=O)(=O)F)CC1=O)C(=O)OC(C)(C)C. The zero-order valence-electron chi connectivity index (χ0n) is 14.0. The number of nitrogens with zero attached hydrogens (tertiary/aromatic N) is 2. The van der Waals surface area contributed by atoms with Gasteiger partial charge in [-0.3, -0.25) is 4.79 Å². The number of carbonyl (C=O) groups is 2. The Kier molecular flexibility index (Phi) is 6.38. The number of ether oxygens (including phenoxy) is 1. The summed E-state index contributed by atoms with van der Waals surface area (Å²) in [6.45, 7) is 7.84. The van der Waals surface area contributed by atoms with Gasteiger partial charge in [0.2, 0.25) is 5.91 Å². The number of hydrogen-bond donors (Lipinski definition) is 0. The molecule has 0 saturated carbocycles. The Morgan fingerprint density at radius 3 is 2.43 bits per heavy atom. The first-order valence-corrected chi connectivity index (χ1v) is 9.08. The van der Waals surface area contributed by atoms with E-state index in [4.69, 9.17) is 4.74 Å². The summed E-state index contributed by atoms with van der Waals surface area (Å²) in [5.74, 6) is -0.420. The predicted octanol–water partition coefficient (Wildman–Crippen LogP) is 1.53. The largest absolute Gasteiger partial charge is 0.444 e. The number of amides is 2. The summed E-state index contributed by atoms with van der Waals surface area (Å²) < 4.78 is 40.1. The van der Waals surface area contributed by atoms with Gasteiger partial charge in [-0.25, -0.2) is 4.79 Å². The molecule has 0 aromatic rings. The lowest BCUT2D eigenvalue weighted by Gasteiger charge is -2.28. The van der Waals surface area contributed by atoms with E-state index in [9.17, 15) is 21.9 Å². The van der Waals surface area contributed by atoms with Crippen LogP contribution in [0, 0.1) is 0 Å². The highest BCUT2D eigenvalue weighted by Crippen LogP contribution is 2.19. The molecule has 1 rings (SSSR count). The van der Waals surface area contributed by atoms with Crippen LogP contribution in [0.2, 0.25) is 0 Å². The van der Waals surface area contributed by atoms with Gasteiger partial charge in [-0.15, -0.1) is 3.89 Å². The summed E-state index contributed by atoms with van der Waals surface area (Å²) in [5, 5.41) is -1.31. The lowest BCUT2D eigenvalue weighted by molar-refractivity contribution is -0.127. The molecule has 1 fully saturated rings. The lowest BCUT2D eigenvalue weighted by Crippen LogP contribution is -2.42. The van der Waals surface area contributed by atoms with Crippen molar-refractivity contribution in [2.24, 2.45) is 0 Å². The number of halogens is 1. The van der Waals surface area contributed by atoms with Crippen molar-refractivity contribution in [3.05, 3.63) is 0 Å². The Morgan fingerprint density at radius 1 is 1.39 bits per heavy atom. The van der Waals surface area contributed by atoms with E-state index in [0.29, 0.717) is 13.0 Å². The van der Waals surface area contributed by atoms with E-state index in [1.165, 1.54) is 9.80 Å². The zero-order chi connectivity index (χ0) is 17.8.